The summed E-state index contributed by atoms with van der Waals surface area (Å²) in [7, 11) is 1.30. The van der Waals surface area contributed by atoms with Gasteiger partial charge in [-0.2, -0.15) is 0 Å². The van der Waals surface area contributed by atoms with Crippen molar-refractivity contribution in [3.8, 4) is 0 Å². The predicted molar refractivity (Wildman–Crippen MR) is 42.6 cm³/mol. The van der Waals surface area contributed by atoms with Gasteiger partial charge in [0.25, 0.3) is 0 Å². The highest BCUT2D eigenvalue weighted by molar-refractivity contribution is 5.87. The van der Waals surface area contributed by atoms with Crippen LogP contribution in [0.15, 0.2) is 11.8 Å². The first-order valence-electron chi connectivity index (χ1n) is 3.46. The summed E-state index contributed by atoms with van der Waals surface area (Å²) in [5.41, 5.74) is 10.7. The van der Waals surface area contributed by atoms with E-state index in [2.05, 4.69) is 4.74 Å². The number of ether oxygens (including phenoxy) is 1. The molecule has 0 atom stereocenters. The Hall–Kier alpha value is -1.03. The first-order chi connectivity index (χ1) is 5.22. The van der Waals surface area contributed by atoms with Crippen LogP contribution in [-0.4, -0.2) is 19.6 Å². The monoisotopic (exact) mass is 158 g/mol. The van der Waals surface area contributed by atoms with Gasteiger partial charge in [0, 0.05) is 0 Å². The van der Waals surface area contributed by atoms with E-state index >= 15 is 0 Å². The Morgan fingerprint density at radius 3 is 2.73 bits per heavy atom. The normalized spacial score (nSPS) is 11.3. The van der Waals surface area contributed by atoms with Crippen LogP contribution in [0.3, 0.4) is 0 Å². The van der Waals surface area contributed by atoms with Gasteiger partial charge in [0.15, 0.2) is 0 Å². The third-order valence-electron chi connectivity index (χ3n) is 1.19. The highest BCUT2D eigenvalue weighted by Crippen LogP contribution is 1.93. The lowest BCUT2D eigenvalue weighted by Gasteiger charge is -1.97. The fraction of sp³-hybridized carbons (Fsp3) is 0.571. The highest BCUT2D eigenvalue weighted by atomic mass is 16.5. The average molecular weight is 158 g/mol. The number of carbonyl (C=O) groups is 1. The van der Waals surface area contributed by atoms with E-state index in [-0.39, 0.29) is 5.70 Å². The molecule has 4 nitrogen and oxygen atoms in total. The van der Waals surface area contributed by atoms with Crippen LogP contribution in [0.4, 0.5) is 0 Å². The smallest absolute Gasteiger partial charge is 0.353 e. The maximum absolute atomic E-state index is 10.7. The van der Waals surface area contributed by atoms with Gasteiger partial charge in [0.05, 0.1) is 7.11 Å². The van der Waals surface area contributed by atoms with E-state index in [0.717, 1.165) is 12.8 Å². The molecule has 0 aliphatic heterocycles. The zero-order valence-electron chi connectivity index (χ0n) is 6.67. The quantitative estimate of drug-likeness (QED) is 0.335. The summed E-state index contributed by atoms with van der Waals surface area (Å²) in [6, 6.07) is 0. The van der Waals surface area contributed by atoms with Crippen molar-refractivity contribution in [3.63, 3.8) is 0 Å². The molecule has 4 N–H and O–H groups in total. The summed E-state index contributed by atoms with van der Waals surface area (Å²) in [4.78, 5) is 10.7. The third-order valence-corrected chi connectivity index (χ3v) is 1.19. The number of unbranched alkanes of at least 4 members (excludes halogenated alkanes) is 1. The number of methoxy groups -OCH3 is 1. The van der Waals surface area contributed by atoms with Crippen LogP contribution in [0, 0.1) is 0 Å². The van der Waals surface area contributed by atoms with Crippen LogP contribution in [0.25, 0.3) is 0 Å². The molecule has 0 aliphatic rings. The van der Waals surface area contributed by atoms with E-state index in [1.165, 1.54) is 7.11 Å². The number of carbonyl (C=O) groups excluding carboxylic acids is 1. The molecule has 0 saturated carbocycles. The van der Waals surface area contributed by atoms with E-state index in [9.17, 15) is 4.79 Å². The van der Waals surface area contributed by atoms with Crippen molar-refractivity contribution >= 4 is 5.97 Å². The van der Waals surface area contributed by atoms with Crippen molar-refractivity contribution in [1.29, 1.82) is 0 Å². The van der Waals surface area contributed by atoms with E-state index < -0.39 is 5.97 Å². The lowest BCUT2D eigenvalue weighted by atomic mass is 10.2. The van der Waals surface area contributed by atoms with Gasteiger partial charge in [-0.3, -0.25) is 0 Å². The molecule has 0 aromatic heterocycles. The molecule has 0 aromatic carbocycles. The van der Waals surface area contributed by atoms with Gasteiger partial charge in [-0.15, -0.1) is 0 Å². The van der Waals surface area contributed by atoms with E-state index in [1.807, 2.05) is 0 Å². The maximum Gasteiger partial charge on any atom is 0.353 e. The number of rotatable bonds is 4. The molecule has 0 spiro atoms. The summed E-state index contributed by atoms with van der Waals surface area (Å²) in [6.07, 6.45) is 3.17. The molecule has 0 radical (unpaired) electrons. The van der Waals surface area contributed by atoms with E-state index in [1.54, 1.807) is 6.08 Å². The van der Waals surface area contributed by atoms with Gasteiger partial charge < -0.3 is 16.2 Å². The van der Waals surface area contributed by atoms with Crippen molar-refractivity contribution < 1.29 is 9.53 Å². The Morgan fingerprint density at radius 1 is 1.64 bits per heavy atom. The fourth-order valence-electron chi connectivity index (χ4n) is 0.577. The molecule has 0 heterocycles. The number of hydrogen-bond donors (Lipinski definition) is 2. The van der Waals surface area contributed by atoms with Gasteiger partial charge in [-0.05, 0) is 19.4 Å². The average Bonchev–Trinajstić information content (AvgIpc) is 2.03. The summed E-state index contributed by atoms with van der Waals surface area (Å²) in [5, 5.41) is 0. The summed E-state index contributed by atoms with van der Waals surface area (Å²) < 4.78 is 4.38. The fourth-order valence-corrected chi connectivity index (χ4v) is 0.577. The molecule has 0 saturated heterocycles. The predicted octanol–water partition coefficient (Wildman–Crippen LogP) is -0.259. The Balaban J connectivity index is 3.71. The molecule has 11 heavy (non-hydrogen) atoms. The van der Waals surface area contributed by atoms with Crippen molar-refractivity contribution in [1.82, 2.24) is 0 Å². The van der Waals surface area contributed by atoms with Crippen molar-refractivity contribution in [2.24, 2.45) is 11.5 Å². The topological polar surface area (TPSA) is 78.3 Å². The Bertz CT molecular complexity index is 155. The van der Waals surface area contributed by atoms with Crippen LogP contribution in [-0.2, 0) is 9.53 Å². The minimum Gasteiger partial charge on any atom is -0.464 e. The number of esters is 1. The van der Waals surface area contributed by atoms with Gasteiger partial charge in [0.2, 0.25) is 0 Å². The van der Waals surface area contributed by atoms with Crippen molar-refractivity contribution in [3.05, 3.63) is 11.8 Å². The van der Waals surface area contributed by atoms with E-state index in [4.69, 9.17) is 11.5 Å². The molecule has 4 heteroatoms. The Kier molecular flexibility index (Phi) is 5.20. The van der Waals surface area contributed by atoms with Crippen LogP contribution in [0.1, 0.15) is 12.8 Å². The van der Waals surface area contributed by atoms with Gasteiger partial charge >= 0.3 is 5.97 Å². The zero-order valence-corrected chi connectivity index (χ0v) is 6.67. The second kappa shape index (κ2) is 5.73. The second-order valence-electron chi connectivity index (χ2n) is 2.08. The Morgan fingerprint density at radius 2 is 2.27 bits per heavy atom. The van der Waals surface area contributed by atoms with Gasteiger partial charge in [-0.1, -0.05) is 6.08 Å². The van der Waals surface area contributed by atoms with E-state index in [0.29, 0.717) is 6.54 Å². The van der Waals surface area contributed by atoms with Gasteiger partial charge in [-0.25, -0.2) is 4.79 Å². The first-order valence-corrected chi connectivity index (χ1v) is 3.46. The van der Waals surface area contributed by atoms with Crippen LogP contribution < -0.4 is 11.5 Å². The first kappa shape index (κ1) is 9.97. The second-order valence-corrected chi connectivity index (χ2v) is 2.08. The van der Waals surface area contributed by atoms with Crippen LogP contribution in [0.2, 0.25) is 0 Å². The molecule has 64 valence electrons. The lowest BCUT2D eigenvalue weighted by molar-refractivity contribution is -0.136. The highest BCUT2D eigenvalue weighted by Gasteiger charge is 2.01. The maximum atomic E-state index is 10.7. The summed E-state index contributed by atoms with van der Waals surface area (Å²) in [6.45, 7) is 0.602. The largest absolute Gasteiger partial charge is 0.464 e. The molecular formula is C7H14N2O2. The standard InChI is InChI=1S/C7H14N2O2/c1-11-7(10)6(9)4-2-3-5-8/h4H,2-3,5,8-9H2,1H3/b6-4-. The molecule has 0 aliphatic carbocycles. The SMILES string of the molecule is COC(=O)/C(N)=C/CCCN. The van der Waals surface area contributed by atoms with Crippen LogP contribution >= 0.6 is 0 Å². The minimum atomic E-state index is -0.484. The molecule has 0 unspecified atom stereocenters. The lowest BCUT2D eigenvalue weighted by Crippen LogP contribution is -2.12. The van der Waals surface area contributed by atoms with Crippen molar-refractivity contribution in [2.45, 2.75) is 12.8 Å². The van der Waals surface area contributed by atoms with Crippen molar-refractivity contribution in [2.75, 3.05) is 13.7 Å². The van der Waals surface area contributed by atoms with Gasteiger partial charge in [0.1, 0.15) is 5.70 Å². The molecule has 0 amide bonds. The third kappa shape index (κ3) is 4.38. The summed E-state index contributed by atoms with van der Waals surface area (Å²) in [5.74, 6) is -0.484. The molecule has 0 bridgehead atoms. The molecule has 0 aromatic rings. The zero-order chi connectivity index (χ0) is 8.69. The number of nitrogens with two attached hydrogens (primary N) is 2. The van der Waals surface area contributed by atoms with Crippen LogP contribution in [0.5, 0.6) is 0 Å². The number of hydrogen-bond acceptors (Lipinski definition) is 4. The summed E-state index contributed by atoms with van der Waals surface area (Å²) >= 11 is 0. The Labute approximate surface area is 66.2 Å². The number of allylic oxidation sites excluding steroid dienone is 1. The molecule has 0 rings (SSSR count). The molecular weight excluding hydrogens is 144 g/mol. The molecule has 0 fully saturated rings. The minimum absolute atomic E-state index is 0.154.